The van der Waals surface area contributed by atoms with Gasteiger partial charge in [-0.25, -0.2) is 0 Å². The number of nitrogens with zero attached hydrogens (tertiary/aromatic N) is 3. The van der Waals surface area contributed by atoms with Crippen molar-refractivity contribution in [2.75, 3.05) is 0 Å². The third-order valence-corrected chi connectivity index (χ3v) is 9.19. The van der Waals surface area contributed by atoms with Gasteiger partial charge in [0, 0.05) is 43.7 Å². The molecule has 0 unspecified atom stereocenters. The maximum atomic E-state index is 4.87. The summed E-state index contributed by atoms with van der Waals surface area (Å²) in [6, 6.07) is 63.6. The normalized spacial score (nSPS) is 11.0. The first-order chi connectivity index (χ1) is 24.3. The number of fused-ring (bicyclic) bond motifs is 8. The minimum Gasteiger partial charge on any atom is -0.328 e. The number of rotatable bonds is 3. The van der Waals surface area contributed by atoms with Crippen molar-refractivity contribution < 1.29 is 20.1 Å². The van der Waals surface area contributed by atoms with Crippen LogP contribution in [0, 0.1) is 12.1 Å². The van der Waals surface area contributed by atoms with E-state index in [1.54, 1.807) is 6.20 Å². The first kappa shape index (κ1) is 31.3. The fourth-order valence-corrected chi connectivity index (χ4v) is 6.94. The van der Waals surface area contributed by atoms with E-state index < -0.39 is 0 Å². The zero-order valence-corrected chi connectivity index (χ0v) is 29.3. The summed E-state index contributed by atoms with van der Waals surface area (Å²) < 4.78 is 2.34. The Morgan fingerprint density at radius 1 is 0.440 bits per heavy atom. The molecule has 0 aliphatic carbocycles. The molecular weight excluding hydrogens is 787 g/mol. The van der Waals surface area contributed by atoms with Crippen LogP contribution >= 0.6 is 0 Å². The molecule has 0 atom stereocenters. The number of hydrogen-bond acceptors (Lipinski definition) is 2. The first-order valence-electron chi connectivity index (χ1n) is 16.4. The van der Waals surface area contributed by atoms with Crippen LogP contribution in [0.5, 0.6) is 0 Å². The van der Waals surface area contributed by atoms with E-state index in [2.05, 4.69) is 143 Å². The third-order valence-electron chi connectivity index (χ3n) is 9.19. The summed E-state index contributed by atoms with van der Waals surface area (Å²) in [5.41, 5.74) is 7.47. The van der Waals surface area contributed by atoms with Gasteiger partial charge in [-0.05, 0) is 84.9 Å². The SMILES string of the molecule is [Ir].[c-]1cc2c3ccccc3n(-c3ccccc3)c2cc1-c1nccc2c1ccc1c3ccccc3ccc21.[c-]1ccccc1-c1ccccn1. The second-order valence-electron chi connectivity index (χ2n) is 12.0. The van der Waals surface area contributed by atoms with E-state index in [1.165, 1.54) is 43.2 Å². The molecule has 0 N–H and O–H groups in total. The maximum absolute atomic E-state index is 4.87. The molecule has 0 aliphatic heterocycles. The van der Waals surface area contributed by atoms with Gasteiger partial charge in [0.15, 0.2) is 0 Å². The monoisotopic (exact) mass is 816 g/mol. The molecule has 3 nitrogen and oxygen atoms in total. The molecule has 7 aromatic carbocycles. The Morgan fingerprint density at radius 2 is 1.16 bits per heavy atom. The van der Waals surface area contributed by atoms with Crippen molar-refractivity contribution in [3.8, 4) is 28.2 Å². The van der Waals surface area contributed by atoms with Crippen LogP contribution in [0.3, 0.4) is 0 Å². The summed E-state index contributed by atoms with van der Waals surface area (Å²) in [6.45, 7) is 0. The van der Waals surface area contributed by atoms with Crippen LogP contribution in [-0.4, -0.2) is 14.5 Å². The van der Waals surface area contributed by atoms with Crippen molar-refractivity contribution in [3.05, 3.63) is 188 Å². The number of pyridine rings is 2. The Bertz CT molecular complexity index is 2720. The van der Waals surface area contributed by atoms with Gasteiger partial charge in [0.25, 0.3) is 0 Å². The fourth-order valence-electron chi connectivity index (χ4n) is 6.94. The van der Waals surface area contributed by atoms with E-state index >= 15 is 0 Å². The van der Waals surface area contributed by atoms with E-state index in [4.69, 9.17) is 4.98 Å². The predicted molar refractivity (Wildman–Crippen MR) is 204 cm³/mol. The van der Waals surface area contributed by atoms with Crippen molar-refractivity contribution in [1.29, 1.82) is 0 Å². The molecule has 50 heavy (non-hydrogen) atoms. The Hall–Kier alpha value is -5.93. The number of aromatic nitrogens is 3. The molecule has 10 rings (SSSR count). The molecule has 0 fully saturated rings. The smallest absolute Gasteiger partial charge is 0.0444 e. The van der Waals surface area contributed by atoms with Crippen LogP contribution in [0.2, 0.25) is 0 Å². The van der Waals surface area contributed by atoms with Crippen molar-refractivity contribution in [3.63, 3.8) is 0 Å². The molecule has 0 amide bonds. The molecule has 3 aromatic heterocycles. The Labute approximate surface area is 303 Å². The fraction of sp³-hybridized carbons (Fsp3) is 0. The topological polar surface area (TPSA) is 30.7 Å². The van der Waals surface area contributed by atoms with Crippen LogP contribution in [0.15, 0.2) is 176 Å². The van der Waals surface area contributed by atoms with E-state index in [9.17, 15) is 0 Å². The molecule has 0 spiro atoms. The Kier molecular flexibility index (Phi) is 8.48. The second-order valence-corrected chi connectivity index (χ2v) is 12.0. The molecule has 239 valence electrons. The average molecular weight is 816 g/mol. The predicted octanol–water partition coefficient (Wildman–Crippen LogP) is 11.7. The molecule has 4 heteroatoms. The number of hydrogen-bond donors (Lipinski definition) is 0. The van der Waals surface area contributed by atoms with E-state index in [0.29, 0.717) is 0 Å². The van der Waals surface area contributed by atoms with Gasteiger partial charge in [0.1, 0.15) is 0 Å². The summed E-state index contributed by atoms with van der Waals surface area (Å²) in [7, 11) is 0. The van der Waals surface area contributed by atoms with E-state index in [1.807, 2.05) is 48.7 Å². The van der Waals surface area contributed by atoms with Gasteiger partial charge in [-0.1, -0.05) is 102 Å². The van der Waals surface area contributed by atoms with Gasteiger partial charge >= 0.3 is 0 Å². The summed E-state index contributed by atoms with van der Waals surface area (Å²) in [6.07, 6.45) is 3.72. The molecule has 0 bridgehead atoms. The zero-order valence-electron chi connectivity index (χ0n) is 26.9. The molecule has 3 heterocycles. The number of para-hydroxylation sites is 2. The summed E-state index contributed by atoms with van der Waals surface area (Å²) in [5.74, 6) is 0. The van der Waals surface area contributed by atoms with Crippen LogP contribution in [0.1, 0.15) is 0 Å². The van der Waals surface area contributed by atoms with Gasteiger partial charge in [0.05, 0.1) is 0 Å². The minimum atomic E-state index is 0. The Morgan fingerprint density at radius 3 is 2.00 bits per heavy atom. The quantitative estimate of drug-likeness (QED) is 0.131. The van der Waals surface area contributed by atoms with Gasteiger partial charge in [0.2, 0.25) is 0 Å². The van der Waals surface area contributed by atoms with Crippen molar-refractivity contribution in [2.45, 2.75) is 0 Å². The van der Waals surface area contributed by atoms with E-state index in [0.717, 1.165) is 39.1 Å². The zero-order chi connectivity index (χ0) is 32.6. The van der Waals surface area contributed by atoms with Gasteiger partial charge in [-0.3, -0.25) is 0 Å². The largest absolute Gasteiger partial charge is 0.328 e. The Balaban J connectivity index is 0.000000236. The molecule has 1 radical (unpaired) electrons. The van der Waals surface area contributed by atoms with Gasteiger partial charge in [-0.15, -0.1) is 59.7 Å². The van der Waals surface area contributed by atoms with Crippen molar-refractivity contribution >= 4 is 54.1 Å². The molecule has 0 saturated heterocycles. The van der Waals surface area contributed by atoms with Crippen LogP contribution in [0.25, 0.3) is 82.3 Å². The number of benzene rings is 7. The van der Waals surface area contributed by atoms with E-state index in [-0.39, 0.29) is 20.1 Å². The molecular formula is C46H29IrN3-2. The standard InChI is InChI=1S/C35H21N2.C11H8N.Ir/c1-2-9-25(10-3-1)37-33-13-7-6-12-30(33)31-17-15-24(22-34(31)37)35-32-19-18-27-26-11-5-4-8-23(26)14-16-28(27)29(32)20-21-36-35;1-2-6-10(7-3-1)11-8-4-5-9-12-11;/h1-14,16-22H;1-6,8-9H;/q2*-1;. The van der Waals surface area contributed by atoms with Gasteiger partial charge < -0.3 is 14.5 Å². The second kappa shape index (κ2) is 13.5. The van der Waals surface area contributed by atoms with Crippen LogP contribution < -0.4 is 0 Å². The van der Waals surface area contributed by atoms with Crippen molar-refractivity contribution in [2.24, 2.45) is 0 Å². The average Bonchev–Trinajstić information content (AvgIpc) is 3.52. The van der Waals surface area contributed by atoms with Crippen LogP contribution in [0.4, 0.5) is 0 Å². The molecule has 10 aromatic rings. The molecule has 0 saturated carbocycles. The summed E-state index contributed by atoms with van der Waals surface area (Å²) in [4.78, 5) is 9.09. The van der Waals surface area contributed by atoms with Gasteiger partial charge in [-0.2, -0.15) is 0 Å². The summed E-state index contributed by atoms with van der Waals surface area (Å²) in [5, 5.41) is 9.84. The first-order valence-corrected chi connectivity index (χ1v) is 16.4. The minimum absolute atomic E-state index is 0. The van der Waals surface area contributed by atoms with Crippen LogP contribution in [-0.2, 0) is 20.1 Å². The van der Waals surface area contributed by atoms with Crippen molar-refractivity contribution in [1.82, 2.24) is 14.5 Å². The maximum Gasteiger partial charge on any atom is 0.0444 e. The third kappa shape index (κ3) is 5.55. The summed E-state index contributed by atoms with van der Waals surface area (Å²) >= 11 is 0. The molecule has 0 aliphatic rings.